The molecule has 0 saturated heterocycles. The molecule has 0 aliphatic heterocycles. The molecule has 0 amide bonds. The molecular formula is C16H28BNO3. The van der Waals surface area contributed by atoms with E-state index in [4.69, 9.17) is 14.8 Å². The van der Waals surface area contributed by atoms with Crippen molar-refractivity contribution >= 4 is 12.6 Å². The first-order valence-corrected chi connectivity index (χ1v) is 7.87. The van der Waals surface area contributed by atoms with Gasteiger partial charge in [-0.2, -0.15) is 0 Å². The molecule has 1 rings (SSSR count). The number of benzene rings is 1. The van der Waals surface area contributed by atoms with E-state index in [9.17, 15) is 0 Å². The predicted octanol–water partition coefficient (Wildman–Crippen LogP) is 1.65. The molecule has 4 nitrogen and oxygen atoms in total. The first-order valence-electron chi connectivity index (χ1n) is 7.87. The van der Waals surface area contributed by atoms with E-state index in [0.717, 1.165) is 18.8 Å². The number of ether oxygens (including phenoxy) is 1. The zero-order chi connectivity index (χ0) is 15.7. The van der Waals surface area contributed by atoms with Crippen LogP contribution in [0.2, 0.25) is 0 Å². The van der Waals surface area contributed by atoms with Gasteiger partial charge in [-0.05, 0) is 44.4 Å². The van der Waals surface area contributed by atoms with Crippen molar-refractivity contribution in [3.63, 3.8) is 0 Å². The Hall–Kier alpha value is -1.04. The van der Waals surface area contributed by atoms with Crippen LogP contribution < -0.4 is 10.2 Å². The summed E-state index contributed by atoms with van der Waals surface area (Å²) in [5.41, 5.74) is 0.478. The van der Waals surface area contributed by atoms with Gasteiger partial charge in [0, 0.05) is 12.6 Å². The lowest BCUT2D eigenvalue weighted by Crippen LogP contribution is -2.35. The molecule has 21 heavy (non-hydrogen) atoms. The highest BCUT2D eigenvalue weighted by atomic mass is 16.5. The van der Waals surface area contributed by atoms with Crippen LogP contribution in [0.25, 0.3) is 0 Å². The van der Waals surface area contributed by atoms with Crippen LogP contribution in [-0.2, 0) is 0 Å². The van der Waals surface area contributed by atoms with E-state index in [1.165, 1.54) is 19.3 Å². The summed E-state index contributed by atoms with van der Waals surface area (Å²) < 4.78 is 5.72. The average molecular weight is 293 g/mol. The van der Waals surface area contributed by atoms with Crippen LogP contribution in [0.15, 0.2) is 24.3 Å². The molecule has 1 aromatic rings. The van der Waals surface area contributed by atoms with Crippen LogP contribution in [0.3, 0.4) is 0 Å². The monoisotopic (exact) mass is 293 g/mol. The number of hydrogen-bond acceptors (Lipinski definition) is 4. The second-order valence-electron chi connectivity index (χ2n) is 5.63. The van der Waals surface area contributed by atoms with Gasteiger partial charge in [0.2, 0.25) is 0 Å². The predicted molar refractivity (Wildman–Crippen MR) is 88.0 cm³/mol. The van der Waals surface area contributed by atoms with Crippen molar-refractivity contribution in [1.82, 2.24) is 4.90 Å². The van der Waals surface area contributed by atoms with E-state index in [2.05, 4.69) is 25.7 Å². The maximum atomic E-state index is 9.04. The highest BCUT2D eigenvalue weighted by Crippen LogP contribution is 2.09. The van der Waals surface area contributed by atoms with Gasteiger partial charge in [-0.25, -0.2) is 0 Å². The number of rotatable bonds is 10. The molecule has 2 N–H and O–H groups in total. The van der Waals surface area contributed by atoms with E-state index < -0.39 is 7.12 Å². The minimum Gasteiger partial charge on any atom is -0.492 e. The molecule has 5 heteroatoms. The zero-order valence-electron chi connectivity index (χ0n) is 13.5. The Kier molecular flexibility index (Phi) is 8.42. The maximum absolute atomic E-state index is 9.04. The standard InChI is InChI=1S/C16H28BNO3/c1-4-5-6-11-18(14(2)3)12-13-21-16-9-7-15(8-10-16)17(19)20/h7-10,14,19-20H,4-6,11-13H2,1-3H3. The van der Waals surface area contributed by atoms with Crippen LogP contribution in [0, 0.1) is 0 Å². The Morgan fingerprint density at radius 1 is 1.10 bits per heavy atom. The number of nitrogens with zero attached hydrogens (tertiary/aromatic N) is 1. The first-order chi connectivity index (χ1) is 10.0. The molecule has 118 valence electrons. The lowest BCUT2D eigenvalue weighted by atomic mass is 9.80. The zero-order valence-corrected chi connectivity index (χ0v) is 13.5. The largest absolute Gasteiger partial charge is 0.492 e. The normalized spacial score (nSPS) is 11.2. The second kappa shape index (κ2) is 9.82. The van der Waals surface area contributed by atoms with Crippen molar-refractivity contribution in [3.8, 4) is 5.75 Å². The lowest BCUT2D eigenvalue weighted by Gasteiger charge is -2.26. The fourth-order valence-corrected chi connectivity index (χ4v) is 2.21. The highest BCUT2D eigenvalue weighted by molar-refractivity contribution is 6.58. The van der Waals surface area contributed by atoms with E-state index in [1.807, 2.05) is 0 Å². The third kappa shape index (κ3) is 6.98. The van der Waals surface area contributed by atoms with E-state index in [0.29, 0.717) is 18.1 Å². The SMILES string of the molecule is CCCCCN(CCOc1ccc(B(O)O)cc1)C(C)C. The third-order valence-electron chi connectivity index (χ3n) is 3.60. The summed E-state index contributed by atoms with van der Waals surface area (Å²) >= 11 is 0. The van der Waals surface area contributed by atoms with E-state index >= 15 is 0 Å². The highest BCUT2D eigenvalue weighted by Gasteiger charge is 2.11. The van der Waals surface area contributed by atoms with Crippen LogP contribution >= 0.6 is 0 Å². The molecule has 0 unspecified atom stereocenters. The van der Waals surface area contributed by atoms with Crippen molar-refractivity contribution in [3.05, 3.63) is 24.3 Å². The van der Waals surface area contributed by atoms with E-state index in [1.54, 1.807) is 24.3 Å². The molecule has 0 fully saturated rings. The molecule has 0 atom stereocenters. The molecule has 0 aliphatic carbocycles. The quantitative estimate of drug-likeness (QED) is 0.509. The van der Waals surface area contributed by atoms with Crippen LogP contribution in [0.1, 0.15) is 40.0 Å². The van der Waals surface area contributed by atoms with Gasteiger partial charge >= 0.3 is 7.12 Å². The Balaban J connectivity index is 2.35. The Bertz CT molecular complexity index is 382. The smallest absolute Gasteiger partial charge is 0.488 e. The summed E-state index contributed by atoms with van der Waals surface area (Å²) in [5, 5.41) is 18.1. The van der Waals surface area contributed by atoms with Gasteiger partial charge in [-0.1, -0.05) is 31.9 Å². The summed E-state index contributed by atoms with van der Waals surface area (Å²) in [4.78, 5) is 2.43. The fraction of sp³-hybridized carbons (Fsp3) is 0.625. The number of hydrogen-bond donors (Lipinski definition) is 2. The topological polar surface area (TPSA) is 52.9 Å². The van der Waals surface area contributed by atoms with Crippen molar-refractivity contribution in [2.75, 3.05) is 19.7 Å². The molecule has 0 heterocycles. The summed E-state index contributed by atoms with van der Waals surface area (Å²) in [5.74, 6) is 0.761. The fourth-order valence-electron chi connectivity index (χ4n) is 2.21. The van der Waals surface area contributed by atoms with Gasteiger partial charge in [0.15, 0.2) is 0 Å². The summed E-state index contributed by atoms with van der Waals surface area (Å²) in [6, 6.07) is 7.40. The minimum absolute atomic E-state index is 0.478. The Morgan fingerprint density at radius 2 is 1.76 bits per heavy atom. The molecule has 0 radical (unpaired) electrons. The lowest BCUT2D eigenvalue weighted by molar-refractivity contribution is 0.173. The van der Waals surface area contributed by atoms with Crippen molar-refractivity contribution in [2.45, 2.75) is 46.1 Å². The Labute approximate surface area is 128 Å². The minimum atomic E-state index is -1.42. The molecule has 1 aromatic carbocycles. The van der Waals surface area contributed by atoms with E-state index in [-0.39, 0.29) is 0 Å². The van der Waals surface area contributed by atoms with Crippen molar-refractivity contribution in [2.24, 2.45) is 0 Å². The average Bonchev–Trinajstić information content (AvgIpc) is 2.46. The maximum Gasteiger partial charge on any atom is 0.488 e. The van der Waals surface area contributed by atoms with Crippen molar-refractivity contribution < 1.29 is 14.8 Å². The summed E-state index contributed by atoms with van der Waals surface area (Å²) in [7, 11) is -1.42. The molecular weight excluding hydrogens is 265 g/mol. The third-order valence-corrected chi connectivity index (χ3v) is 3.60. The molecule has 0 bridgehead atoms. The summed E-state index contributed by atoms with van der Waals surface area (Å²) in [6.45, 7) is 9.31. The second-order valence-corrected chi connectivity index (χ2v) is 5.63. The number of unbranched alkanes of at least 4 members (excludes halogenated alkanes) is 2. The molecule has 0 aliphatic rings. The molecule has 0 saturated carbocycles. The van der Waals surface area contributed by atoms with Gasteiger partial charge in [0.25, 0.3) is 0 Å². The van der Waals surface area contributed by atoms with Gasteiger partial charge in [-0.3, -0.25) is 4.90 Å². The summed E-state index contributed by atoms with van der Waals surface area (Å²) in [6.07, 6.45) is 3.75. The van der Waals surface area contributed by atoms with Gasteiger partial charge in [-0.15, -0.1) is 0 Å². The molecule has 0 aromatic heterocycles. The van der Waals surface area contributed by atoms with Crippen LogP contribution in [0.5, 0.6) is 5.75 Å². The van der Waals surface area contributed by atoms with Crippen LogP contribution in [0.4, 0.5) is 0 Å². The van der Waals surface area contributed by atoms with Gasteiger partial charge in [0.1, 0.15) is 12.4 Å². The Morgan fingerprint density at radius 3 is 2.29 bits per heavy atom. The van der Waals surface area contributed by atoms with Crippen molar-refractivity contribution in [1.29, 1.82) is 0 Å². The van der Waals surface area contributed by atoms with Gasteiger partial charge in [0.05, 0.1) is 0 Å². The molecule has 0 spiro atoms. The van der Waals surface area contributed by atoms with Gasteiger partial charge < -0.3 is 14.8 Å². The van der Waals surface area contributed by atoms with Crippen LogP contribution in [-0.4, -0.2) is 47.8 Å². The first kappa shape index (κ1) is 18.0.